The molecule has 1 atom stereocenters. The van der Waals surface area contributed by atoms with Crippen LogP contribution in [0.25, 0.3) is 0 Å². The third-order valence-corrected chi connectivity index (χ3v) is 2.29. The highest BCUT2D eigenvalue weighted by atomic mass is 16.3. The Morgan fingerprint density at radius 1 is 1.41 bits per heavy atom. The van der Waals surface area contributed by atoms with E-state index in [1.807, 2.05) is 37.3 Å². The smallest absolute Gasteiger partial charge is 0.321 e. The summed E-state index contributed by atoms with van der Waals surface area (Å²) in [6, 6.07) is 9.14. The zero-order valence-corrected chi connectivity index (χ0v) is 10.4. The Balaban J connectivity index is 2.59. The lowest BCUT2D eigenvalue weighted by Gasteiger charge is -2.23. The van der Waals surface area contributed by atoms with E-state index < -0.39 is 6.10 Å². The van der Waals surface area contributed by atoms with Gasteiger partial charge in [0.05, 0.1) is 6.10 Å². The first-order chi connectivity index (χ1) is 8.13. The molecule has 2 N–H and O–H groups in total. The van der Waals surface area contributed by atoms with Gasteiger partial charge in [-0.2, -0.15) is 0 Å². The van der Waals surface area contributed by atoms with E-state index in [0.29, 0.717) is 13.1 Å². The summed E-state index contributed by atoms with van der Waals surface area (Å²) in [6.45, 7) is 4.68. The molecule has 0 spiro atoms. The molecule has 0 aliphatic rings. The van der Waals surface area contributed by atoms with Gasteiger partial charge >= 0.3 is 6.03 Å². The third kappa shape index (κ3) is 4.87. The fourth-order valence-electron chi connectivity index (χ4n) is 1.59. The van der Waals surface area contributed by atoms with Crippen molar-refractivity contribution in [3.63, 3.8) is 0 Å². The second kappa shape index (κ2) is 6.91. The van der Waals surface area contributed by atoms with Crippen molar-refractivity contribution < 1.29 is 9.90 Å². The number of para-hydroxylation sites is 1. The van der Waals surface area contributed by atoms with Crippen LogP contribution in [0.2, 0.25) is 0 Å². The molecule has 0 fully saturated rings. The predicted octanol–water partition coefficient (Wildman–Crippen LogP) is 2.31. The maximum Gasteiger partial charge on any atom is 0.321 e. The van der Waals surface area contributed by atoms with Gasteiger partial charge in [-0.25, -0.2) is 4.79 Å². The van der Waals surface area contributed by atoms with E-state index in [9.17, 15) is 9.90 Å². The summed E-state index contributed by atoms with van der Waals surface area (Å²) in [7, 11) is 0. The van der Waals surface area contributed by atoms with E-state index in [1.165, 1.54) is 0 Å². The van der Waals surface area contributed by atoms with Crippen molar-refractivity contribution in [2.75, 3.05) is 18.4 Å². The van der Waals surface area contributed by atoms with E-state index in [1.54, 1.807) is 11.8 Å². The minimum absolute atomic E-state index is 0.168. The van der Waals surface area contributed by atoms with Gasteiger partial charge < -0.3 is 15.3 Å². The van der Waals surface area contributed by atoms with Crippen molar-refractivity contribution in [2.45, 2.75) is 26.4 Å². The summed E-state index contributed by atoms with van der Waals surface area (Å²) in [5.41, 5.74) is 0.768. The van der Waals surface area contributed by atoms with E-state index in [4.69, 9.17) is 0 Å². The number of hydrogen-bond donors (Lipinski definition) is 2. The van der Waals surface area contributed by atoms with Gasteiger partial charge in [-0.05, 0) is 25.5 Å². The molecule has 4 heteroatoms. The molecule has 4 nitrogen and oxygen atoms in total. The Hall–Kier alpha value is -1.55. The van der Waals surface area contributed by atoms with E-state index in [0.717, 1.165) is 12.1 Å². The zero-order chi connectivity index (χ0) is 12.7. The summed E-state index contributed by atoms with van der Waals surface area (Å²) in [5.74, 6) is 0. The molecular formula is C13H20N2O2. The topological polar surface area (TPSA) is 52.6 Å². The molecule has 0 aromatic heterocycles. The third-order valence-electron chi connectivity index (χ3n) is 2.29. The molecule has 0 bridgehead atoms. The van der Waals surface area contributed by atoms with Gasteiger partial charge in [0.1, 0.15) is 0 Å². The summed E-state index contributed by atoms with van der Waals surface area (Å²) in [6.07, 6.45) is 0.359. The van der Waals surface area contributed by atoms with Gasteiger partial charge in [-0.3, -0.25) is 0 Å². The molecule has 94 valence electrons. The SMILES string of the molecule is CCCN(C[C@H](C)O)C(=O)Nc1ccccc1. The molecule has 0 saturated carbocycles. The van der Waals surface area contributed by atoms with Crippen molar-refractivity contribution in [3.05, 3.63) is 30.3 Å². The van der Waals surface area contributed by atoms with Crippen molar-refractivity contribution in [1.29, 1.82) is 0 Å². The van der Waals surface area contributed by atoms with Gasteiger partial charge in [0.2, 0.25) is 0 Å². The summed E-state index contributed by atoms with van der Waals surface area (Å²) < 4.78 is 0. The lowest BCUT2D eigenvalue weighted by molar-refractivity contribution is 0.138. The molecule has 1 aromatic rings. The Labute approximate surface area is 102 Å². The van der Waals surface area contributed by atoms with E-state index in [-0.39, 0.29) is 6.03 Å². The molecule has 0 unspecified atom stereocenters. The number of nitrogens with one attached hydrogen (secondary N) is 1. The molecule has 2 amide bonds. The zero-order valence-electron chi connectivity index (χ0n) is 10.4. The lowest BCUT2D eigenvalue weighted by Crippen LogP contribution is -2.39. The van der Waals surface area contributed by atoms with Crippen LogP contribution in [0.1, 0.15) is 20.3 Å². The van der Waals surface area contributed by atoms with Crippen LogP contribution in [-0.2, 0) is 0 Å². The molecule has 0 heterocycles. The number of urea groups is 1. The fraction of sp³-hybridized carbons (Fsp3) is 0.462. The second-order valence-electron chi connectivity index (χ2n) is 4.09. The average Bonchev–Trinajstić information content (AvgIpc) is 2.29. The number of anilines is 1. The van der Waals surface area contributed by atoms with Crippen molar-refractivity contribution in [3.8, 4) is 0 Å². The van der Waals surface area contributed by atoms with Crippen LogP contribution in [0, 0.1) is 0 Å². The van der Waals surface area contributed by atoms with E-state index >= 15 is 0 Å². The predicted molar refractivity (Wildman–Crippen MR) is 69.0 cm³/mol. The molecular weight excluding hydrogens is 216 g/mol. The summed E-state index contributed by atoms with van der Waals surface area (Å²) >= 11 is 0. The molecule has 17 heavy (non-hydrogen) atoms. The normalized spacial score (nSPS) is 11.9. The van der Waals surface area contributed by atoms with Gasteiger partial charge in [0.15, 0.2) is 0 Å². The maximum absolute atomic E-state index is 11.9. The van der Waals surface area contributed by atoms with Crippen LogP contribution >= 0.6 is 0 Å². The van der Waals surface area contributed by atoms with Gasteiger partial charge in [-0.15, -0.1) is 0 Å². The van der Waals surface area contributed by atoms with Gasteiger partial charge in [0.25, 0.3) is 0 Å². The first-order valence-corrected chi connectivity index (χ1v) is 5.92. The van der Waals surface area contributed by atoms with Crippen molar-refractivity contribution >= 4 is 11.7 Å². The number of rotatable bonds is 5. The Kier molecular flexibility index (Phi) is 5.49. The number of aliphatic hydroxyl groups is 1. The molecule has 0 aliphatic heterocycles. The van der Waals surface area contributed by atoms with Crippen LogP contribution in [-0.4, -0.2) is 35.2 Å². The highest BCUT2D eigenvalue weighted by Crippen LogP contribution is 2.07. The molecule has 1 aromatic carbocycles. The Morgan fingerprint density at radius 2 is 2.06 bits per heavy atom. The molecule has 0 radical (unpaired) electrons. The van der Waals surface area contributed by atoms with Crippen LogP contribution in [0.15, 0.2) is 30.3 Å². The average molecular weight is 236 g/mol. The Morgan fingerprint density at radius 3 is 2.59 bits per heavy atom. The number of carbonyl (C=O) groups is 1. The molecule has 1 rings (SSSR count). The first kappa shape index (κ1) is 13.5. The number of benzene rings is 1. The number of nitrogens with zero attached hydrogens (tertiary/aromatic N) is 1. The van der Waals surface area contributed by atoms with Crippen molar-refractivity contribution in [2.24, 2.45) is 0 Å². The highest BCUT2D eigenvalue weighted by Gasteiger charge is 2.14. The fourth-order valence-corrected chi connectivity index (χ4v) is 1.59. The van der Waals surface area contributed by atoms with Crippen LogP contribution in [0.5, 0.6) is 0 Å². The summed E-state index contributed by atoms with van der Waals surface area (Å²) in [4.78, 5) is 13.6. The largest absolute Gasteiger partial charge is 0.392 e. The minimum Gasteiger partial charge on any atom is -0.392 e. The van der Waals surface area contributed by atoms with Gasteiger partial charge in [0, 0.05) is 18.8 Å². The molecule has 0 saturated heterocycles. The second-order valence-corrected chi connectivity index (χ2v) is 4.09. The number of amides is 2. The molecule has 0 aliphatic carbocycles. The minimum atomic E-state index is -0.511. The van der Waals surface area contributed by atoms with Crippen molar-refractivity contribution in [1.82, 2.24) is 4.90 Å². The lowest BCUT2D eigenvalue weighted by atomic mass is 10.3. The van der Waals surface area contributed by atoms with E-state index in [2.05, 4.69) is 5.32 Å². The standard InChI is InChI=1S/C13H20N2O2/c1-3-9-15(10-11(2)16)13(17)14-12-7-5-4-6-8-12/h4-8,11,16H,3,9-10H2,1-2H3,(H,14,17)/t11-/m0/s1. The van der Waals surface area contributed by atoms with Crippen LogP contribution in [0.4, 0.5) is 10.5 Å². The first-order valence-electron chi connectivity index (χ1n) is 5.92. The summed E-state index contributed by atoms with van der Waals surface area (Å²) in [5, 5.41) is 12.2. The van der Waals surface area contributed by atoms with Gasteiger partial charge in [-0.1, -0.05) is 25.1 Å². The van der Waals surface area contributed by atoms with Crippen LogP contribution < -0.4 is 5.32 Å². The highest BCUT2D eigenvalue weighted by molar-refractivity contribution is 5.89. The monoisotopic (exact) mass is 236 g/mol. The number of aliphatic hydroxyl groups excluding tert-OH is 1. The van der Waals surface area contributed by atoms with Crippen LogP contribution in [0.3, 0.4) is 0 Å². The number of carbonyl (C=O) groups excluding carboxylic acids is 1. The Bertz CT molecular complexity index is 339. The number of hydrogen-bond acceptors (Lipinski definition) is 2. The quantitative estimate of drug-likeness (QED) is 0.824. The maximum atomic E-state index is 11.9.